The molecule has 11 heteroatoms. The van der Waals surface area contributed by atoms with E-state index in [-0.39, 0.29) is 15.7 Å². The minimum atomic E-state index is -5.17. The zero-order chi connectivity index (χ0) is 19.1. The second-order valence-electron chi connectivity index (χ2n) is 4.73. The highest BCUT2D eigenvalue weighted by molar-refractivity contribution is 7.92. The Balaban J connectivity index is 2.65. The molecule has 0 atom stereocenters. The maximum Gasteiger partial charge on any atom is 0.270 e. The van der Waals surface area contributed by atoms with Gasteiger partial charge in [-0.2, -0.15) is 0 Å². The number of hydrogen-bond donors (Lipinski definition) is 1. The summed E-state index contributed by atoms with van der Waals surface area (Å²) >= 11 is 0. The van der Waals surface area contributed by atoms with E-state index in [1.165, 1.54) is 7.11 Å². The van der Waals surface area contributed by atoms with Gasteiger partial charge >= 0.3 is 0 Å². The minimum absolute atomic E-state index is 0.0224. The first kappa shape index (κ1) is 18.8. The summed E-state index contributed by atoms with van der Waals surface area (Å²) in [6.45, 7) is 0. The summed E-state index contributed by atoms with van der Waals surface area (Å²) in [6, 6.07) is 3.12. The van der Waals surface area contributed by atoms with Crippen molar-refractivity contribution in [2.75, 3.05) is 18.5 Å². The molecule has 0 aliphatic heterocycles. The van der Waals surface area contributed by atoms with Crippen molar-refractivity contribution >= 4 is 15.7 Å². The summed E-state index contributed by atoms with van der Waals surface area (Å²) in [7, 11) is -3.13. The van der Waals surface area contributed by atoms with E-state index in [2.05, 4.69) is 0 Å². The van der Waals surface area contributed by atoms with Crippen molar-refractivity contribution in [3.05, 3.63) is 47.3 Å². The lowest BCUT2D eigenvalue weighted by atomic mass is 10.3. The second kappa shape index (κ2) is 6.39. The predicted molar refractivity (Wildman–Crippen MR) is 76.5 cm³/mol. The van der Waals surface area contributed by atoms with Crippen LogP contribution in [0.25, 0.3) is 0 Å². The van der Waals surface area contributed by atoms with Crippen LogP contribution < -0.4 is 9.04 Å². The molecule has 2 aromatic rings. The lowest BCUT2D eigenvalue weighted by molar-refractivity contribution is 0.357. The highest BCUT2D eigenvalue weighted by Crippen LogP contribution is 2.34. The molecular weight excluding hydrogens is 373 g/mol. The number of methoxy groups -OCH3 is 1. The lowest BCUT2D eigenvalue weighted by Crippen LogP contribution is -2.29. The molecule has 0 bridgehead atoms. The Labute approximate surface area is 138 Å². The number of rotatable bonds is 4. The fourth-order valence-electron chi connectivity index (χ4n) is 1.96. The van der Waals surface area contributed by atoms with Crippen LogP contribution in [0.4, 0.5) is 27.6 Å². The summed E-state index contributed by atoms with van der Waals surface area (Å²) in [5.74, 6) is -12.7. The SMILES string of the molecule is COc1ccc(N(C)S(=O)(=O)c2c(F)c(F)c(F)c(F)c2F)cc1O. The third-order valence-corrected chi connectivity index (χ3v) is 5.12. The minimum Gasteiger partial charge on any atom is -0.504 e. The van der Waals surface area contributed by atoms with Crippen LogP contribution in [0.15, 0.2) is 23.1 Å². The summed E-state index contributed by atoms with van der Waals surface area (Å²) < 4.78 is 96.8. The molecule has 2 aromatic carbocycles. The van der Waals surface area contributed by atoms with Crippen LogP contribution in [-0.2, 0) is 10.0 Å². The van der Waals surface area contributed by atoms with Gasteiger partial charge in [0.15, 0.2) is 39.7 Å². The van der Waals surface area contributed by atoms with E-state index in [1.54, 1.807) is 0 Å². The van der Waals surface area contributed by atoms with Gasteiger partial charge in [0.05, 0.1) is 12.8 Å². The molecule has 0 aliphatic rings. The average molecular weight is 383 g/mol. The van der Waals surface area contributed by atoms with Crippen LogP contribution in [0, 0.1) is 29.1 Å². The molecule has 0 heterocycles. The zero-order valence-electron chi connectivity index (χ0n) is 12.6. The number of phenols is 1. The quantitative estimate of drug-likeness (QED) is 0.501. The first-order valence-electron chi connectivity index (χ1n) is 6.41. The van der Waals surface area contributed by atoms with E-state index in [9.17, 15) is 35.5 Å². The molecule has 0 saturated heterocycles. The fourth-order valence-corrected chi connectivity index (χ4v) is 3.26. The number of benzene rings is 2. The molecule has 0 aliphatic carbocycles. The van der Waals surface area contributed by atoms with Crippen molar-refractivity contribution in [2.24, 2.45) is 0 Å². The molecule has 5 nitrogen and oxygen atoms in total. The molecule has 0 unspecified atom stereocenters. The van der Waals surface area contributed by atoms with Gasteiger partial charge in [0.25, 0.3) is 10.0 Å². The van der Waals surface area contributed by atoms with Crippen molar-refractivity contribution in [3.63, 3.8) is 0 Å². The number of halogens is 5. The van der Waals surface area contributed by atoms with E-state index >= 15 is 0 Å². The maximum absolute atomic E-state index is 13.8. The van der Waals surface area contributed by atoms with E-state index in [0.717, 1.165) is 25.2 Å². The number of aromatic hydroxyl groups is 1. The molecule has 1 N–H and O–H groups in total. The van der Waals surface area contributed by atoms with Gasteiger partial charge < -0.3 is 9.84 Å². The molecule has 0 spiro atoms. The Morgan fingerprint density at radius 2 is 1.44 bits per heavy atom. The maximum atomic E-state index is 13.8. The standard InChI is InChI=1S/C14H10F5NO4S/c1-20(6-3-4-8(24-2)7(21)5-6)25(22,23)14-12(18)10(16)9(15)11(17)13(14)19/h3-5,21H,1-2H3. The largest absolute Gasteiger partial charge is 0.504 e. The smallest absolute Gasteiger partial charge is 0.270 e. The van der Waals surface area contributed by atoms with Gasteiger partial charge in [0, 0.05) is 13.1 Å². The molecule has 0 fully saturated rings. The normalized spacial score (nSPS) is 11.5. The monoisotopic (exact) mass is 383 g/mol. The van der Waals surface area contributed by atoms with Crippen LogP contribution >= 0.6 is 0 Å². The van der Waals surface area contributed by atoms with Gasteiger partial charge in [-0.1, -0.05) is 0 Å². The Bertz CT molecular complexity index is 920. The molecule has 0 aromatic heterocycles. The Morgan fingerprint density at radius 1 is 0.960 bits per heavy atom. The van der Waals surface area contributed by atoms with Gasteiger partial charge in [0.1, 0.15) is 0 Å². The molecule has 0 saturated carbocycles. The van der Waals surface area contributed by atoms with Crippen LogP contribution in [0.3, 0.4) is 0 Å². The Morgan fingerprint density at radius 3 is 1.88 bits per heavy atom. The topological polar surface area (TPSA) is 66.8 Å². The first-order valence-corrected chi connectivity index (χ1v) is 7.85. The first-order chi connectivity index (χ1) is 11.5. The number of sulfonamides is 1. The van der Waals surface area contributed by atoms with Crippen molar-refractivity contribution in [1.29, 1.82) is 0 Å². The Kier molecular flexibility index (Phi) is 4.80. The van der Waals surface area contributed by atoms with E-state index in [1.807, 2.05) is 0 Å². The number of phenolic OH excluding ortho intramolecular Hbond substituents is 1. The number of hydrogen-bond acceptors (Lipinski definition) is 4. The Hall–Kier alpha value is -2.56. The molecule has 25 heavy (non-hydrogen) atoms. The molecule has 0 amide bonds. The van der Waals surface area contributed by atoms with Crippen LogP contribution in [0.1, 0.15) is 0 Å². The summed E-state index contributed by atoms with van der Waals surface area (Å²) in [4.78, 5) is -2.00. The second-order valence-corrected chi connectivity index (χ2v) is 6.63. The number of nitrogens with zero attached hydrogens (tertiary/aromatic N) is 1. The fraction of sp³-hybridized carbons (Fsp3) is 0.143. The van der Waals surface area contributed by atoms with Gasteiger partial charge in [-0.25, -0.2) is 30.4 Å². The zero-order valence-corrected chi connectivity index (χ0v) is 13.5. The predicted octanol–water partition coefficient (Wildman–Crippen LogP) is 2.92. The molecular formula is C14H10F5NO4S. The molecule has 2 rings (SSSR count). The van der Waals surface area contributed by atoms with Crippen molar-refractivity contribution in [2.45, 2.75) is 4.90 Å². The van der Waals surface area contributed by atoms with Gasteiger partial charge in [-0.05, 0) is 12.1 Å². The van der Waals surface area contributed by atoms with E-state index < -0.39 is 49.8 Å². The van der Waals surface area contributed by atoms with E-state index in [0.29, 0.717) is 0 Å². The van der Waals surface area contributed by atoms with Crippen molar-refractivity contribution in [3.8, 4) is 11.5 Å². The number of anilines is 1. The lowest BCUT2D eigenvalue weighted by Gasteiger charge is -2.21. The summed E-state index contributed by atoms with van der Waals surface area (Å²) in [6.07, 6.45) is 0. The average Bonchev–Trinajstić information content (AvgIpc) is 2.57. The van der Waals surface area contributed by atoms with Gasteiger partial charge in [0.2, 0.25) is 5.82 Å². The van der Waals surface area contributed by atoms with Gasteiger partial charge in [-0.3, -0.25) is 4.31 Å². The molecule has 136 valence electrons. The summed E-state index contributed by atoms with van der Waals surface area (Å²) in [5.41, 5.74) is -0.303. The summed E-state index contributed by atoms with van der Waals surface area (Å²) in [5, 5.41) is 9.65. The van der Waals surface area contributed by atoms with Gasteiger partial charge in [-0.15, -0.1) is 0 Å². The molecule has 0 radical (unpaired) electrons. The third-order valence-electron chi connectivity index (χ3n) is 3.31. The van der Waals surface area contributed by atoms with Crippen molar-refractivity contribution in [1.82, 2.24) is 0 Å². The van der Waals surface area contributed by atoms with Crippen molar-refractivity contribution < 1.29 is 40.2 Å². The highest BCUT2D eigenvalue weighted by Gasteiger charge is 2.36. The number of ether oxygens (including phenoxy) is 1. The van der Waals surface area contributed by atoms with Crippen LogP contribution in [-0.4, -0.2) is 27.7 Å². The highest BCUT2D eigenvalue weighted by atomic mass is 32.2. The van der Waals surface area contributed by atoms with E-state index in [4.69, 9.17) is 4.74 Å². The van der Waals surface area contributed by atoms with Crippen LogP contribution in [0.2, 0.25) is 0 Å². The van der Waals surface area contributed by atoms with Crippen LogP contribution in [0.5, 0.6) is 11.5 Å². The third kappa shape index (κ3) is 2.95.